The molecule has 16 heavy (non-hydrogen) atoms. The van der Waals surface area contributed by atoms with Gasteiger partial charge in [-0.05, 0) is 37.7 Å². The minimum Gasteiger partial charge on any atom is -0.310 e. The highest BCUT2D eigenvalue weighted by Gasteiger charge is 2.22. The number of benzene rings is 1. The van der Waals surface area contributed by atoms with E-state index in [1.165, 1.54) is 36.8 Å². The molecule has 1 aromatic carbocycles. The Morgan fingerprint density at radius 3 is 2.56 bits per heavy atom. The van der Waals surface area contributed by atoms with Gasteiger partial charge in [-0.1, -0.05) is 43.2 Å². The molecule has 1 fully saturated rings. The summed E-state index contributed by atoms with van der Waals surface area (Å²) in [4.78, 5) is 0. The van der Waals surface area contributed by atoms with Gasteiger partial charge in [-0.3, -0.25) is 0 Å². The SMILES string of the molecule is CCC1CCC(NCc2ccc(C)cc2)C1. The maximum absolute atomic E-state index is 3.68. The molecule has 1 N–H and O–H groups in total. The van der Waals surface area contributed by atoms with Crippen molar-refractivity contribution in [2.45, 2.75) is 52.1 Å². The Morgan fingerprint density at radius 1 is 1.19 bits per heavy atom. The normalized spacial score (nSPS) is 24.9. The molecule has 2 unspecified atom stereocenters. The summed E-state index contributed by atoms with van der Waals surface area (Å²) in [5.74, 6) is 0.968. The lowest BCUT2D eigenvalue weighted by Crippen LogP contribution is -2.25. The molecule has 1 aliphatic rings. The van der Waals surface area contributed by atoms with E-state index in [0.29, 0.717) is 0 Å². The van der Waals surface area contributed by atoms with Crippen LogP contribution in [0.25, 0.3) is 0 Å². The zero-order chi connectivity index (χ0) is 11.4. The fourth-order valence-electron chi connectivity index (χ4n) is 2.60. The molecule has 1 heteroatoms. The van der Waals surface area contributed by atoms with Gasteiger partial charge in [0.15, 0.2) is 0 Å². The number of aryl methyl sites for hydroxylation is 1. The lowest BCUT2D eigenvalue weighted by Gasteiger charge is -2.12. The molecular weight excluding hydrogens is 194 g/mol. The summed E-state index contributed by atoms with van der Waals surface area (Å²) in [6.07, 6.45) is 5.51. The molecule has 1 aliphatic carbocycles. The van der Waals surface area contributed by atoms with Crippen molar-refractivity contribution >= 4 is 0 Å². The molecule has 0 bridgehead atoms. The molecule has 0 amide bonds. The van der Waals surface area contributed by atoms with E-state index in [1.54, 1.807) is 0 Å². The third-order valence-corrected chi connectivity index (χ3v) is 3.83. The topological polar surface area (TPSA) is 12.0 Å². The monoisotopic (exact) mass is 217 g/mol. The van der Waals surface area contributed by atoms with Crippen LogP contribution in [0.3, 0.4) is 0 Å². The summed E-state index contributed by atoms with van der Waals surface area (Å²) in [5, 5.41) is 3.68. The van der Waals surface area contributed by atoms with Gasteiger partial charge in [0, 0.05) is 12.6 Å². The maximum atomic E-state index is 3.68. The highest BCUT2D eigenvalue weighted by atomic mass is 14.9. The van der Waals surface area contributed by atoms with Crippen molar-refractivity contribution in [1.82, 2.24) is 5.32 Å². The highest BCUT2D eigenvalue weighted by molar-refractivity contribution is 5.21. The van der Waals surface area contributed by atoms with Crippen LogP contribution in [-0.2, 0) is 6.54 Å². The van der Waals surface area contributed by atoms with E-state index >= 15 is 0 Å². The molecule has 2 rings (SSSR count). The van der Waals surface area contributed by atoms with Crippen LogP contribution in [-0.4, -0.2) is 6.04 Å². The Balaban J connectivity index is 1.77. The summed E-state index contributed by atoms with van der Waals surface area (Å²) in [5.41, 5.74) is 2.75. The first-order valence-electron chi connectivity index (χ1n) is 6.57. The molecule has 2 atom stereocenters. The van der Waals surface area contributed by atoms with Gasteiger partial charge in [0.05, 0.1) is 0 Å². The second kappa shape index (κ2) is 5.49. The Labute approximate surface area is 99.3 Å². The molecule has 0 spiro atoms. The van der Waals surface area contributed by atoms with Crippen molar-refractivity contribution in [3.8, 4) is 0 Å². The van der Waals surface area contributed by atoms with E-state index in [4.69, 9.17) is 0 Å². The van der Waals surface area contributed by atoms with Gasteiger partial charge in [-0.25, -0.2) is 0 Å². The predicted octanol–water partition coefficient (Wildman–Crippen LogP) is 3.66. The van der Waals surface area contributed by atoms with Gasteiger partial charge in [0.2, 0.25) is 0 Å². The molecule has 1 saturated carbocycles. The second-order valence-corrected chi connectivity index (χ2v) is 5.15. The smallest absolute Gasteiger partial charge is 0.0208 e. The quantitative estimate of drug-likeness (QED) is 0.811. The van der Waals surface area contributed by atoms with Crippen LogP contribution in [0.15, 0.2) is 24.3 Å². The van der Waals surface area contributed by atoms with Crippen molar-refractivity contribution < 1.29 is 0 Å². The summed E-state index contributed by atoms with van der Waals surface area (Å²) < 4.78 is 0. The number of hydrogen-bond donors (Lipinski definition) is 1. The molecule has 1 nitrogen and oxygen atoms in total. The van der Waals surface area contributed by atoms with Gasteiger partial charge < -0.3 is 5.32 Å². The molecule has 1 aromatic rings. The molecule has 88 valence electrons. The Bertz CT molecular complexity index is 315. The molecule has 0 aromatic heterocycles. The van der Waals surface area contributed by atoms with Gasteiger partial charge in [-0.2, -0.15) is 0 Å². The van der Waals surface area contributed by atoms with Crippen molar-refractivity contribution in [1.29, 1.82) is 0 Å². The van der Waals surface area contributed by atoms with Crippen molar-refractivity contribution in [2.75, 3.05) is 0 Å². The third-order valence-electron chi connectivity index (χ3n) is 3.83. The van der Waals surface area contributed by atoms with Crippen LogP contribution >= 0.6 is 0 Å². The van der Waals surface area contributed by atoms with Crippen LogP contribution in [0.5, 0.6) is 0 Å². The summed E-state index contributed by atoms with van der Waals surface area (Å²) in [6.45, 7) is 5.48. The lowest BCUT2D eigenvalue weighted by molar-refractivity contribution is 0.477. The fraction of sp³-hybridized carbons (Fsp3) is 0.600. The van der Waals surface area contributed by atoms with E-state index in [9.17, 15) is 0 Å². The lowest BCUT2D eigenvalue weighted by atomic mass is 10.1. The Morgan fingerprint density at radius 2 is 1.94 bits per heavy atom. The van der Waals surface area contributed by atoms with E-state index in [-0.39, 0.29) is 0 Å². The van der Waals surface area contributed by atoms with E-state index < -0.39 is 0 Å². The highest BCUT2D eigenvalue weighted by Crippen LogP contribution is 2.27. The number of rotatable bonds is 4. The van der Waals surface area contributed by atoms with Gasteiger partial charge in [0.1, 0.15) is 0 Å². The molecule has 0 heterocycles. The summed E-state index contributed by atoms with van der Waals surface area (Å²) in [6, 6.07) is 9.61. The van der Waals surface area contributed by atoms with Gasteiger partial charge in [-0.15, -0.1) is 0 Å². The van der Waals surface area contributed by atoms with Gasteiger partial charge in [0.25, 0.3) is 0 Å². The Kier molecular flexibility index (Phi) is 4.00. The summed E-state index contributed by atoms with van der Waals surface area (Å²) >= 11 is 0. The number of nitrogens with one attached hydrogen (secondary N) is 1. The van der Waals surface area contributed by atoms with Crippen molar-refractivity contribution in [2.24, 2.45) is 5.92 Å². The molecule has 0 radical (unpaired) electrons. The predicted molar refractivity (Wildman–Crippen MR) is 69.4 cm³/mol. The minimum atomic E-state index is 0.756. The average Bonchev–Trinajstić information content (AvgIpc) is 2.76. The molecule has 0 saturated heterocycles. The van der Waals surface area contributed by atoms with Crippen LogP contribution in [0.2, 0.25) is 0 Å². The first kappa shape index (κ1) is 11.7. The van der Waals surface area contributed by atoms with E-state index in [2.05, 4.69) is 43.4 Å². The largest absolute Gasteiger partial charge is 0.310 e. The summed E-state index contributed by atoms with van der Waals surface area (Å²) in [7, 11) is 0. The Hall–Kier alpha value is -0.820. The van der Waals surface area contributed by atoms with Crippen LogP contribution in [0.1, 0.15) is 43.7 Å². The van der Waals surface area contributed by atoms with E-state index in [1.807, 2.05) is 0 Å². The van der Waals surface area contributed by atoms with Crippen LogP contribution in [0.4, 0.5) is 0 Å². The fourth-order valence-corrected chi connectivity index (χ4v) is 2.60. The van der Waals surface area contributed by atoms with Crippen LogP contribution in [0, 0.1) is 12.8 Å². The standard InChI is InChI=1S/C15H23N/c1-3-13-8-9-15(10-13)16-11-14-6-4-12(2)5-7-14/h4-7,13,15-16H,3,8-11H2,1-2H3. The maximum Gasteiger partial charge on any atom is 0.0208 e. The van der Waals surface area contributed by atoms with Crippen molar-refractivity contribution in [3.05, 3.63) is 35.4 Å². The number of hydrogen-bond acceptors (Lipinski definition) is 1. The first-order chi connectivity index (χ1) is 7.78. The molecule has 0 aliphatic heterocycles. The second-order valence-electron chi connectivity index (χ2n) is 5.15. The first-order valence-corrected chi connectivity index (χ1v) is 6.57. The van der Waals surface area contributed by atoms with Gasteiger partial charge >= 0.3 is 0 Å². The molecular formula is C15H23N. The van der Waals surface area contributed by atoms with Crippen LogP contribution < -0.4 is 5.32 Å². The average molecular weight is 217 g/mol. The minimum absolute atomic E-state index is 0.756. The van der Waals surface area contributed by atoms with Crippen molar-refractivity contribution in [3.63, 3.8) is 0 Å². The zero-order valence-electron chi connectivity index (χ0n) is 10.5. The van der Waals surface area contributed by atoms with E-state index in [0.717, 1.165) is 18.5 Å². The zero-order valence-corrected chi connectivity index (χ0v) is 10.5. The third kappa shape index (κ3) is 3.08.